The molecule has 2 unspecified atom stereocenters. The maximum atomic E-state index is 12.9. The number of carbonyl (C=O) groups excluding carboxylic acids is 2. The Morgan fingerprint density at radius 3 is 1.00 bits per heavy atom. The molecule has 9 nitrogen and oxygen atoms in total. The van der Waals surface area contributed by atoms with Gasteiger partial charge in [-0.15, -0.1) is 0 Å². The Balaban J connectivity index is 4.03. The van der Waals surface area contributed by atoms with E-state index in [2.05, 4.69) is 86.8 Å². The summed E-state index contributed by atoms with van der Waals surface area (Å²) in [5.74, 6) is -2.03. The van der Waals surface area contributed by atoms with Crippen molar-refractivity contribution in [2.24, 2.45) is 0 Å². The molecular weight excluding hydrogens is 1050 g/mol. The van der Waals surface area contributed by atoms with Crippen molar-refractivity contribution in [1.29, 1.82) is 0 Å². The van der Waals surface area contributed by atoms with Gasteiger partial charge in [0.15, 0.2) is 6.10 Å². The van der Waals surface area contributed by atoms with Gasteiger partial charge in [0.2, 0.25) is 0 Å². The van der Waals surface area contributed by atoms with Crippen LogP contribution in [0.1, 0.15) is 335 Å². The highest BCUT2D eigenvalue weighted by molar-refractivity contribution is 5.71. The Labute approximate surface area is 526 Å². The average Bonchev–Trinajstić information content (AvgIpc) is 3.49. The number of quaternary nitrogens is 1. The van der Waals surface area contributed by atoms with Gasteiger partial charge in [-0.3, -0.25) is 9.59 Å². The molecule has 0 aromatic carbocycles. The van der Waals surface area contributed by atoms with Crippen molar-refractivity contribution in [3.63, 3.8) is 0 Å². The second-order valence-corrected chi connectivity index (χ2v) is 25.5. The molecule has 0 bridgehead atoms. The quantitative estimate of drug-likeness (QED) is 0.0211. The normalized spacial score (nSPS) is 13.1. The van der Waals surface area contributed by atoms with Crippen molar-refractivity contribution in [1.82, 2.24) is 0 Å². The number of likely N-dealkylation sites (N-methyl/N-ethyl adjacent to an activating group) is 1. The van der Waals surface area contributed by atoms with Crippen LogP contribution in [0.3, 0.4) is 0 Å². The molecule has 1 N–H and O–H groups in total. The molecule has 0 aliphatic carbocycles. The highest BCUT2D eigenvalue weighted by atomic mass is 16.7. The van der Waals surface area contributed by atoms with Gasteiger partial charge >= 0.3 is 17.9 Å². The van der Waals surface area contributed by atoms with E-state index in [0.29, 0.717) is 23.9 Å². The Morgan fingerprint density at radius 2 is 0.671 bits per heavy atom. The molecule has 0 aliphatic heterocycles. The van der Waals surface area contributed by atoms with Crippen LogP contribution < -0.4 is 0 Å². The van der Waals surface area contributed by atoms with Crippen molar-refractivity contribution >= 4 is 17.9 Å². The number of esters is 2. The molecule has 0 aliphatic rings. The fraction of sp³-hybridized carbons (Fsp3) is 0.803. The number of nitrogens with zero attached hydrogens (tertiary/aromatic N) is 1. The molecule has 0 spiro atoms. The van der Waals surface area contributed by atoms with Crippen LogP contribution in [-0.2, 0) is 33.3 Å². The van der Waals surface area contributed by atoms with Crippen molar-refractivity contribution in [3.05, 3.63) is 72.9 Å². The van der Waals surface area contributed by atoms with E-state index in [1.807, 2.05) is 21.1 Å². The maximum Gasteiger partial charge on any atom is 0.361 e. The summed E-state index contributed by atoms with van der Waals surface area (Å²) in [6.07, 6.45) is 86.2. The Kier molecular flexibility index (Phi) is 64.1. The average molecular weight is 1190 g/mol. The molecule has 0 amide bonds. The van der Waals surface area contributed by atoms with Crippen molar-refractivity contribution in [3.8, 4) is 0 Å². The van der Waals surface area contributed by atoms with Gasteiger partial charge in [0.1, 0.15) is 13.2 Å². The highest BCUT2D eigenvalue weighted by Crippen LogP contribution is 2.19. The monoisotopic (exact) mass is 1190 g/mol. The van der Waals surface area contributed by atoms with Crippen LogP contribution in [0.5, 0.6) is 0 Å². The topological polar surface area (TPSA) is 108 Å². The van der Waals surface area contributed by atoms with Gasteiger partial charge in [-0.1, -0.05) is 331 Å². The number of carbonyl (C=O) groups is 3. The summed E-state index contributed by atoms with van der Waals surface area (Å²) in [6.45, 7) is 4.77. The highest BCUT2D eigenvalue weighted by Gasteiger charge is 2.25. The van der Waals surface area contributed by atoms with Gasteiger partial charge in [-0.25, -0.2) is 4.79 Å². The van der Waals surface area contributed by atoms with Crippen molar-refractivity contribution in [2.75, 3.05) is 47.5 Å². The molecule has 0 saturated heterocycles. The lowest BCUT2D eigenvalue weighted by Gasteiger charge is -2.25. The summed E-state index contributed by atoms with van der Waals surface area (Å²) in [7, 11) is 5.97. The minimum Gasteiger partial charge on any atom is -0.477 e. The smallest absolute Gasteiger partial charge is 0.361 e. The lowest BCUT2D eigenvalue weighted by Crippen LogP contribution is -2.40. The zero-order chi connectivity index (χ0) is 61.9. The Morgan fingerprint density at radius 1 is 0.365 bits per heavy atom. The zero-order valence-electron chi connectivity index (χ0n) is 56.5. The van der Waals surface area contributed by atoms with Gasteiger partial charge in [-0.05, 0) is 64.2 Å². The van der Waals surface area contributed by atoms with Crippen LogP contribution in [0.2, 0.25) is 0 Å². The first-order valence-electron chi connectivity index (χ1n) is 36.1. The summed E-state index contributed by atoms with van der Waals surface area (Å²) >= 11 is 0. The Bertz CT molecular complexity index is 1620. The van der Waals surface area contributed by atoms with E-state index in [-0.39, 0.29) is 32.2 Å². The lowest BCUT2D eigenvalue weighted by molar-refractivity contribution is -0.870. The first kappa shape index (κ1) is 81.7. The number of hydrogen-bond donors (Lipinski definition) is 1. The molecule has 2 atom stereocenters. The van der Waals surface area contributed by atoms with Crippen molar-refractivity contribution in [2.45, 2.75) is 347 Å². The first-order valence-corrected chi connectivity index (χ1v) is 36.1. The third kappa shape index (κ3) is 68.1. The van der Waals surface area contributed by atoms with Gasteiger partial charge < -0.3 is 28.5 Å². The molecule has 85 heavy (non-hydrogen) atoms. The molecule has 0 rings (SSSR count). The number of carboxylic acid groups (broad SMARTS) is 1. The molecule has 0 fully saturated rings. The number of aliphatic carboxylic acids is 1. The second-order valence-electron chi connectivity index (χ2n) is 25.5. The lowest BCUT2D eigenvalue weighted by atomic mass is 10.0. The largest absolute Gasteiger partial charge is 0.477 e. The second kappa shape index (κ2) is 66.7. The summed E-state index contributed by atoms with van der Waals surface area (Å²) in [4.78, 5) is 37.6. The molecule has 494 valence electrons. The molecule has 0 aromatic rings. The first-order chi connectivity index (χ1) is 41.6. The minimum absolute atomic E-state index is 0.180. The van der Waals surface area contributed by atoms with Gasteiger partial charge in [0, 0.05) is 12.8 Å². The number of carboxylic acids is 1. The van der Waals surface area contributed by atoms with Crippen LogP contribution in [0, 0.1) is 0 Å². The Hall–Kier alpha value is -3.27. The standard InChI is InChI=1S/C76H137NO8/c1-6-8-10-12-14-16-18-20-22-24-26-28-30-31-32-33-34-35-36-37-38-39-40-41-42-43-45-46-48-50-52-54-56-58-60-62-64-66-73(78)83-70-72(71-84-76(75(80)81)82-69-68-77(3,4)5)85-74(79)67-65-63-61-59-57-55-53-51-49-47-44-29-27-25-23-21-19-17-15-13-11-9-7-2/h9,11,15,17,21,23,27,29,47,49,53,55,72,76H,6-8,10,12-14,16,18-20,22,24-26,28,30-46,48,50-52,54,56-71H2,1-5H3/p+1/b11-9-,17-15-,23-21-,29-27-,49-47-,55-53-. The number of rotatable bonds is 67. The minimum atomic E-state index is -1.52. The van der Waals surface area contributed by atoms with E-state index in [1.165, 1.54) is 218 Å². The van der Waals surface area contributed by atoms with Gasteiger partial charge in [0.25, 0.3) is 6.29 Å². The molecule has 0 saturated carbocycles. The number of unbranched alkanes of at least 4 members (excludes halogenated alkanes) is 40. The predicted octanol–water partition coefficient (Wildman–Crippen LogP) is 22.5. The summed E-state index contributed by atoms with van der Waals surface area (Å²) in [5, 5.41) is 9.74. The number of ether oxygens (including phenoxy) is 4. The predicted molar refractivity (Wildman–Crippen MR) is 364 cm³/mol. The fourth-order valence-electron chi connectivity index (χ4n) is 10.5. The van der Waals surface area contributed by atoms with Gasteiger partial charge in [0.05, 0.1) is 34.4 Å². The molecule has 9 heteroatoms. The number of allylic oxidation sites excluding steroid dienone is 12. The van der Waals surface area contributed by atoms with E-state index in [4.69, 9.17) is 18.9 Å². The van der Waals surface area contributed by atoms with E-state index < -0.39 is 24.3 Å². The maximum absolute atomic E-state index is 12.9. The molecule has 0 aromatic heterocycles. The van der Waals surface area contributed by atoms with Gasteiger partial charge in [-0.2, -0.15) is 0 Å². The van der Waals surface area contributed by atoms with Crippen LogP contribution in [0.15, 0.2) is 72.9 Å². The molecule has 0 radical (unpaired) electrons. The van der Waals surface area contributed by atoms with E-state index in [0.717, 1.165) is 83.5 Å². The van der Waals surface area contributed by atoms with E-state index >= 15 is 0 Å². The third-order valence-electron chi connectivity index (χ3n) is 16.0. The van der Waals surface area contributed by atoms with Crippen LogP contribution in [0.25, 0.3) is 0 Å². The number of hydrogen-bond acceptors (Lipinski definition) is 7. The molecular formula is C76H138NO8+. The van der Waals surface area contributed by atoms with Crippen molar-refractivity contribution < 1.29 is 42.9 Å². The third-order valence-corrected chi connectivity index (χ3v) is 16.0. The van der Waals surface area contributed by atoms with Crippen LogP contribution >= 0.6 is 0 Å². The summed E-state index contributed by atoms with van der Waals surface area (Å²) < 4.78 is 22.9. The summed E-state index contributed by atoms with van der Waals surface area (Å²) in [5.41, 5.74) is 0. The van der Waals surface area contributed by atoms with E-state index in [1.54, 1.807) is 0 Å². The molecule has 0 heterocycles. The van der Waals surface area contributed by atoms with E-state index in [9.17, 15) is 19.5 Å². The SMILES string of the molecule is CC/C=C\C/C=C\C/C=C\C/C=C\C/C=C\C/C=C\CCCCCCC(=O)OC(COC(=O)CCCCCCCCCCCCCCCCCCCCCCCCCCCCCCCCCCCCCCC)COC(OCC[N+](C)(C)C)C(=O)O. The fourth-order valence-corrected chi connectivity index (χ4v) is 10.5. The zero-order valence-corrected chi connectivity index (χ0v) is 56.5. The van der Waals surface area contributed by atoms with Crippen LogP contribution in [-0.4, -0.2) is 87.4 Å². The van der Waals surface area contributed by atoms with Crippen LogP contribution in [0.4, 0.5) is 0 Å². The summed E-state index contributed by atoms with van der Waals surface area (Å²) in [6, 6.07) is 0.